The topological polar surface area (TPSA) is 73.6 Å². The van der Waals surface area contributed by atoms with Gasteiger partial charge in [-0.05, 0) is 51.4 Å². The van der Waals surface area contributed by atoms with Crippen molar-refractivity contribution in [3.05, 3.63) is 40.8 Å². The van der Waals surface area contributed by atoms with Crippen LogP contribution in [0, 0.1) is 13.8 Å². The van der Waals surface area contributed by atoms with Crippen molar-refractivity contribution in [1.29, 1.82) is 0 Å². The molecule has 172 valence electrons. The minimum Gasteiger partial charge on any atom is -0.354 e. The van der Waals surface area contributed by atoms with Gasteiger partial charge >= 0.3 is 0 Å². The molecule has 0 radical (unpaired) electrons. The number of nitrogens with one attached hydrogen (secondary N) is 2. The number of likely N-dealkylation sites (N-methyl/N-ethyl adjacent to an activating group) is 1. The number of halogens is 1. The van der Waals surface area contributed by atoms with Crippen molar-refractivity contribution in [3.8, 4) is 0 Å². The Morgan fingerprint density at radius 2 is 1.87 bits per heavy atom. The summed E-state index contributed by atoms with van der Waals surface area (Å²) in [6, 6.07) is 4.51. The first-order valence-electron chi connectivity index (χ1n) is 10.7. The molecule has 1 fully saturated rings. The van der Waals surface area contributed by atoms with E-state index in [9.17, 15) is 0 Å². The normalized spacial score (nSPS) is 16.1. The molecule has 3 rings (SSSR count). The monoisotopic (exact) mass is 540 g/mol. The molecule has 0 saturated carbocycles. The molecular weight excluding hydrogens is 503 g/mol. The molecule has 2 aromatic heterocycles. The molecule has 0 spiro atoms. The van der Waals surface area contributed by atoms with Crippen LogP contribution < -0.4 is 15.5 Å². The number of hydrogen-bond donors (Lipinski definition) is 2. The molecule has 9 heteroatoms. The lowest BCUT2D eigenvalue weighted by Gasteiger charge is -2.33. The summed E-state index contributed by atoms with van der Waals surface area (Å²) < 4.78 is 1.95. The van der Waals surface area contributed by atoms with E-state index < -0.39 is 0 Å². The minimum absolute atomic E-state index is 0. The first-order valence-corrected chi connectivity index (χ1v) is 10.7. The molecule has 1 aliphatic rings. The highest BCUT2D eigenvalue weighted by atomic mass is 127. The first kappa shape index (κ1) is 25.4. The summed E-state index contributed by atoms with van der Waals surface area (Å²) in [6.45, 7) is 11.3. The van der Waals surface area contributed by atoms with Crippen LogP contribution in [0.2, 0.25) is 0 Å². The third kappa shape index (κ3) is 6.80. The Labute approximate surface area is 203 Å². The van der Waals surface area contributed by atoms with Crippen LogP contribution in [0.15, 0.2) is 23.3 Å². The lowest BCUT2D eigenvalue weighted by Crippen LogP contribution is -2.44. The third-order valence-electron chi connectivity index (χ3n) is 5.87. The molecule has 0 amide bonds. The van der Waals surface area contributed by atoms with E-state index in [1.807, 2.05) is 17.9 Å². The molecule has 0 aromatic carbocycles. The summed E-state index contributed by atoms with van der Waals surface area (Å²) >= 11 is 0. The highest BCUT2D eigenvalue weighted by Gasteiger charge is 2.16. The van der Waals surface area contributed by atoms with Gasteiger partial charge in [0.2, 0.25) is 0 Å². The van der Waals surface area contributed by atoms with Gasteiger partial charge in [0.25, 0.3) is 0 Å². The number of aliphatic imine (C=N–C) groups is 1. The fraction of sp³-hybridized carbons (Fsp3) is 0.591. The molecule has 2 aromatic rings. The fourth-order valence-electron chi connectivity index (χ4n) is 3.83. The van der Waals surface area contributed by atoms with Gasteiger partial charge in [0.05, 0.1) is 5.69 Å². The van der Waals surface area contributed by atoms with Gasteiger partial charge in [0, 0.05) is 64.8 Å². The number of rotatable bonds is 6. The van der Waals surface area contributed by atoms with Crippen molar-refractivity contribution in [2.75, 3.05) is 45.2 Å². The first-order chi connectivity index (χ1) is 14.4. The zero-order valence-corrected chi connectivity index (χ0v) is 22.0. The number of pyridine rings is 1. The van der Waals surface area contributed by atoms with Gasteiger partial charge in [-0.15, -0.1) is 24.0 Å². The Hall–Kier alpha value is -1.88. The number of hydrogen-bond acceptors (Lipinski definition) is 5. The third-order valence-corrected chi connectivity index (χ3v) is 5.87. The number of guanidine groups is 1. The van der Waals surface area contributed by atoms with Crippen molar-refractivity contribution in [1.82, 2.24) is 30.3 Å². The molecule has 2 N–H and O–H groups in total. The van der Waals surface area contributed by atoms with Crippen LogP contribution in [-0.2, 0) is 20.0 Å². The maximum atomic E-state index is 4.67. The Kier molecular flexibility index (Phi) is 9.54. The maximum absolute atomic E-state index is 4.67. The molecule has 0 bridgehead atoms. The van der Waals surface area contributed by atoms with Crippen molar-refractivity contribution in [3.63, 3.8) is 0 Å². The van der Waals surface area contributed by atoms with Crippen LogP contribution in [0.25, 0.3) is 0 Å². The molecule has 1 atom stereocenters. The number of aromatic nitrogens is 3. The minimum atomic E-state index is 0. The summed E-state index contributed by atoms with van der Waals surface area (Å²) in [4.78, 5) is 13.7. The van der Waals surface area contributed by atoms with Crippen LogP contribution >= 0.6 is 24.0 Å². The Balaban J connectivity index is 0.00000341. The standard InChI is InChI=1S/C22H36N8.HI/c1-16(13-20-17(2)27-29(6)18(20)3)26-22(23-4)25-15-19-7-8-21(24-14-19)30-11-9-28(5)10-12-30;/h7-8,14,16H,9-13,15H2,1-6H3,(H2,23,25,26);1H. The predicted molar refractivity (Wildman–Crippen MR) is 139 cm³/mol. The van der Waals surface area contributed by atoms with E-state index in [-0.39, 0.29) is 30.0 Å². The lowest BCUT2D eigenvalue weighted by molar-refractivity contribution is 0.312. The smallest absolute Gasteiger partial charge is 0.191 e. The SMILES string of the molecule is CN=C(NCc1ccc(N2CCN(C)CC2)nc1)NC(C)Cc1c(C)nn(C)c1C.I. The highest BCUT2D eigenvalue weighted by molar-refractivity contribution is 14.0. The summed E-state index contributed by atoms with van der Waals surface area (Å²) in [5, 5.41) is 11.4. The fourth-order valence-corrected chi connectivity index (χ4v) is 3.83. The summed E-state index contributed by atoms with van der Waals surface area (Å²) in [6.07, 6.45) is 2.87. The lowest BCUT2D eigenvalue weighted by atomic mass is 10.1. The Morgan fingerprint density at radius 3 is 2.42 bits per heavy atom. The van der Waals surface area contributed by atoms with Gasteiger partial charge in [0.15, 0.2) is 5.96 Å². The van der Waals surface area contributed by atoms with Crippen molar-refractivity contribution >= 4 is 35.8 Å². The van der Waals surface area contributed by atoms with E-state index in [1.165, 1.54) is 11.3 Å². The van der Waals surface area contributed by atoms with Gasteiger partial charge in [0.1, 0.15) is 5.82 Å². The number of anilines is 1. The largest absolute Gasteiger partial charge is 0.354 e. The van der Waals surface area contributed by atoms with E-state index in [0.717, 1.165) is 55.6 Å². The second-order valence-electron chi connectivity index (χ2n) is 8.26. The quantitative estimate of drug-likeness (QED) is 0.332. The molecule has 1 saturated heterocycles. The maximum Gasteiger partial charge on any atom is 0.191 e. The highest BCUT2D eigenvalue weighted by Crippen LogP contribution is 2.15. The number of aryl methyl sites for hydroxylation is 2. The van der Waals surface area contributed by atoms with Crippen LogP contribution in [0.5, 0.6) is 0 Å². The molecule has 3 heterocycles. The zero-order valence-electron chi connectivity index (χ0n) is 19.6. The van der Waals surface area contributed by atoms with Gasteiger partial charge in [-0.2, -0.15) is 5.10 Å². The number of piperazine rings is 1. The molecule has 8 nitrogen and oxygen atoms in total. The number of nitrogens with zero attached hydrogens (tertiary/aromatic N) is 6. The molecule has 1 aliphatic heterocycles. The molecule has 1 unspecified atom stereocenters. The van der Waals surface area contributed by atoms with Crippen LogP contribution in [0.1, 0.15) is 29.4 Å². The van der Waals surface area contributed by atoms with Gasteiger partial charge in [-0.1, -0.05) is 6.07 Å². The molecule has 31 heavy (non-hydrogen) atoms. The summed E-state index contributed by atoms with van der Waals surface area (Å²) in [5.74, 6) is 1.86. The van der Waals surface area contributed by atoms with E-state index in [1.54, 1.807) is 7.05 Å². The predicted octanol–water partition coefficient (Wildman–Crippen LogP) is 2.10. The summed E-state index contributed by atoms with van der Waals surface area (Å²) in [7, 11) is 5.96. The van der Waals surface area contributed by atoms with E-state index in [4.69, 9.17) is 0 Å². The Morgan fingerprint density at radius 1 is 1.16 bits per heavy atom. The summed E-state index contributed by atoms with van der Waals surface area (Å²) in [5.41, 5.74) is 4.76. The van der Waals surface area contributed by atoms with Crippen LogP contribution in [-0.4, -0.2) is 71.9 Å². The molecule has 0 aliphatic carbocycles. The van der Waals surface area contributed by atoms with Crippen molar-refractivity contribution in [2.24, 2.45) is 12.0 Å². The van der Waals surface area contributed by atoms with Gasteiger partial charge < -0.3 is 20.4 Å². The van der Waals surface area contributed by atoms with Gasteiger partial charge in [-0.3, -0.25) is 9.67 Å². The van der Waals surface area contributed by atoms with E-state index in [0.29, 0.717) is 6.54 Å². The average molecular weight is 540 g/mol. The van der Waals surface area contributed by atoms with Crippen LogP contribution in [0.3, 0.4) is 0 Å². The van der Waals surface area contributed by atoms with Crippen LogP contribution in [0.4, 0.5) is 5.82 Å². The second-order valence-corrected chi connectivity index (χ2v) is 8.26. The van der Waals surface area contributed by atoms with E-state index in [2.05, 4.69) is 75.5 Å². The molecular formula is C22H37IN8. The van der Waals surface area contributed by atoms with E-state index >= 15 is 0 Å². The van der Waals surface area contributed by atoms with Crippen molar-refractivity contribution < 1.29 is 0 Å². The zero-order chi connectivity index (χ0) is 21.7. The average Bonchev–Trinajstić information content (AvgIpc) is 2.98. The van der Waals surface area contributed by atoms with Gasteiger partial charge in [-0.25, -0.2) is 4.98 Å². The van der Waals surface area contributed by atoms with Crippen molar-refractivity contribution in [2.45, 2.75) is 39.8 Å². The Bertz CT molecular complexity index is 853. The second kappa shape index (κ2) is 11.7.